The molecule has 0 saturated carbocycles. The average molecular weight is 539 g/mol. The third kappa shape index (κ3) is 5.66. The summed E-state index contributed by atoms with van der Waals surface area (Å²) in [4.78, 5) is 12.8. The van der Waals surface area contributed by atoms with Crippen molar-refractivity contribution < 1.29 is 23.7 Å². The van der Waals surface area contributed by atoms with E-state index in [2.05, 4.69) is 6.07 Å². The van der Waals surface area contributed by atoms with Crippen LogP contribution in [0.2, 0.25) is 5.02 Å². The van der Waals surface area contributed by atoms with Gasteiger partial charge in [0, 0.05) is 16.7 Å². The largest absolute Gasteiger partial charge is 0.497 e. The molecule has 4 aromatic rings. The Hall–Kier alpha value is -4.93. The number of nitrogens with zero attached hydrogens (tertiary/aromatic N) is 1. The molecule has 0 unspecified atom stereocenters. The van der Waals surface area contributed by atoms with Crippen LogP contribution in [-0.4, -0.2) is 13.1 Å². The van der Waals surface area contributed by atoms with Crippen LogP contribution in [0.3, 0.4) is 0 Å². The van der Waals surface area contributed by atoms with Gasteiger partial charge in [-0.15, -0.1) is 0 Å². The van der Waals surface area contributed by atoms with E-state index in [1.807, 2.05) is 36.4 Å². The number of nitriles is 1. The fourth-order valence-corrected chi connectivity index (χ4v) is 4.36. The Labute approximate surface area is 230 Å². The first-order valence-electron chi connectivity index (χ1n) is 12.0. The van der Waals surface area contributed by atoms with E-state index in [-0.39, 0.29) is 11.6 Å². The summed E-state index contributed by atoms with van der Waals surface area (Å²) in [6.45, 7) is 0.374. The summed E-state index contributed by atoms with van der Waals surface area (Å²) < 4.78 is 22.4. The van der Waals surface area contributed by atoms with Crippen LogP contribution in [-0.2, 0) is 6.61 Å². The first kappa shape index (κ1) is 25.7. The van der Waals surface area contributed by atoms with Crippen LogP contribution < -0.4 is 24.7 Å². The van der Waals surface area contributed by atoms with Crippen LogP contribution in [0.5, 0.6) is 23.0 Å². The highest BCUT2D eigenvalue weighted by molar-refractivity contribution is 6.30. The highest BCUT2D eigenvalue weighted by Gasteiger charge is 2.31. The predicted molar refractivity (Wildman–Crippen MR) is 146 cm³/mol. The monoisotopic (exact) mass is 538 g/mol. The number of rotatable bonds is 7. The fraction of sp³-hybridized carbons (Fsp3) is 0.0968. The zero-order valence-electron chi connectivity index (χ0n) is 20.9. The molecule has 0 fully saturated rings. The Kier molecular flexibility index (Phi) is 7.39. The average Bonchev–Trinajstić information content (AvgIpc) is 2.96. The third-order valence-electron chi connectivity index (χ3n) is 6.26. The molecule has 0 saturated heterocycles. The van der Waals surface area contributed by atoms with Crippen molar-refractivity contribution in [2.24, 2.45) is 5.73 Å². The molecule has 1 aliphatic rings. The number of benzene rings is 4. The zero-order chi connectivity index (χ0) is 27.4. The van der Waals surface area contributed by atoms with Crippen molar-refractivity contribution in [3.05, 3.63) is 130 Å². The van der Waals surface area contributed by atoms with Gasteiger partial charge in [-0.25, -0.2) is 4.79 Å². The minimum absolute atomic E-state index is 0.00323. The summed E-state index contributed by atoms with van der Waals surface area (Å²) in [7, 11) is 1.59. The molecule has 39 heavy (non-hydrogen) atoms. The lowest BCUT2D eigenvalue weighted by Gasteiger charge is -2.26. The van der Waals surface area contributed by atoms with Crippen molar-refractivity contribution in [3.63, 3.8) is 0 Å². The van der Waals surface area contributed by atoms with E-state index in [1.165, 1.54) is 0 Å². The summed E-state index contributed by atoms with van der Waals surface area (Å²) in [6, 6.07) is 28.6. The number of fused-ring (bicyclic) bond motifs is 1. The highest BCUT2D eigenvalue weighted by Crippen LogP contribution is 2.43. The smallest absolute Gasteiger partial charge is 0.343 e. The summed E-state index contributed by atoms with van der Waals surface area (Å²) in [5.41, 5.74) is 9.31. The number of ether oxygens (including phenoxy) is 4. The van der Waals surface area contributed by atoms with Crippen LogP contribution in [0.4, 0.5) is 0 Å². The van der Waals surface area contributed by atoms with E-state index < -0.39 is 11.9 Å². The number of carbonyl (C=O) groups is 1. The maximum atomic E-state index is 12.8. The summed E-state index contributed by atoms with van der Waals surface area (Å²) >= 11 is 5.91. The van der Waals surface area contributed by atoms with Gasteiger partial charge in [0.2, 0.25) is 5.88 Å². The number of hydrogen-bond acceptors (Lipinski definition) is 7. The second-order valence-corrected chi connectivity index (χ2v) is 9.16. The molecule has 0 bridgehead atoms. The Bertz CT molecular complexity index is 1570. The number of carbonyl (C=O) groups excluding carboxylic acids is 1. The molecule has 4 aromatic carbocycles. The van der Waals surface area contributed by atoms with E-state index >= 15 is 0 Å². The number of nitrogens with two attached hydrogens (primary N) is 1. The number of esters is 1. The molecule has 0 amide bonds. The number of halogens is 1. The van der Waals surface area contributed by atoms with E-state index in [0.29, 0.717) is 40.0 Å². The van der Waals surface area contributed by atoms with E-state index in [0.717, 1.165) is 16.7 Å². The van der Waals surface area contributed by atoms with Gasteiger partial charge < -0.3 is 24.7 Å². The van der Waals surface area contributed by atoms with Crippen molar-refractivity contribution in [2.45, 2.75) is 12.5 Å². The first-order valence-corrected chi connectivity index (χ1v) is 12.4. The van der Waals surface area contributed by atoms with Crippen LogP contribution in [0.25, 0.3) is 0 Å². The molecular weight excluding hydrogens is 516 g/mol. The summed E-state index contributed by atoms with van der Waals surface area (Å²) in [6.07, 6.45) is 0. The molecule has 194 valence electrons. The SMILES string of the molecule is COc1ccc([C@H]2C(C#N)=C(N)Oc3cc(OC(=O)c4ccc(OCc5ccc(Cl)cc5)cc4)ccc32)cc1. The summed E-state index contributed by atoms with van der Waals surface area (Å²) in [5, 5.41) is 10.4. The molecule has 0 radical (unpaired) electrons. The second-order valence-electron chi connectivity index (χ2n) is 8.73. The molecule has 0 spiro atoms. The quantitative estimate of drug-likeness (QED) is 0.215. The minimum atomic E-state index is -0.539. The van der Waals surface area contributed by atoms with Crippen molar-refractivity contribution in [1.82, 2.24) is 0 Å². The van der Waals surface area contributed by atoms with Gasteiger partial charge in [-0.3, -0.25) is 0 Å². The topological polar surface area (TPSA) is 104 Å². The van der Waals surface area contributed by atoms with Gasteiger partial charge in [0.15, 0.2) is 0 Å². The molecule has 2 N–H and O–H groups in total. The lowest BCUT2D eigenvalue weighted by Crippen LogP contribution is -2.21. The van der Waals surface area contributed by atoms with Gasteiger partial charge in [0.1, 0.15) is 41.2 Å². The Balaban J connectivity index is 1.30. The molecule has 7 nitrogen and oxygen atoms in total. The Morgan fingerprint density at radius 2 is 1.62 bits per heavy atom. The summed E-state index contributed by atoms with van der Waals surface area (Å²) in [5.74, 6) is 1.03. The normalized spacial score (nSPS) is 14.0. The Morgan fingerprint density at radius 1 is 0.949 bits per heavy atom. The standard InChI is InChI=1S/C31H23ClN2O5/c1-36-23-10-4-20(5-11-23)29-26-15-14-25(16-28(26)39-30(34)27(29)17-33)38-31(35)21-6-12-24(13-7-21)37-18-19-2-8-22(32)9-3-19/h2-16,29H,18,34H2,1H3/t29-/m1/s1. The molecule has 8 heteroatoms. The highest BCUT2D eigenvalue weighted by atomic mass is 35.5. The molecule has 0 aromatic heterocycles. The van der Waals surface area contributed by atoms with Gasteiger partial charge in [0.25, 0.3) is 0 Å². The van der Waals surface area contributed by atoms with Crippen LogP contribution in [0.15, 0.2) is 102 Å². The van der Waals surface area contributed by atoms with Gasteiger partial charge in [-0.05, 0) is 65.7 Å². The molecule has 5 rings (SSSR count). The van der Waals surface area contributed by atoms with Gasteiger partial charge in [0.05, 0.1) is 18.6 Å². The van der Waals surface area contributed by atoms with Crippen LogP contribution >= 0.6 is 11.6 Å². The number of methoxy groups -OCH3 is 1. The first-order chi connectivity index (χ1) is 18.9. The third-order valence-corrected chi connectivity index (χ3v) is 6.51. The van der Waals surface area contributed by atoms with Gasteiger partial charge in [-0.2, -0.15) is 5.26 Å². The molecule has 1 heterocycles. The lowest BCUT2D eigenvalue weighted by atomic mass is 9.83. The van der Waals surface area contributed by atoms with E-state index in [4.69, 9.17) is 36.3 Å². The van der Waals surface area contributed by atoms with E-state index in [1.54, 1.807) is 61.7 Å². The maximum Gasteiger partial charge on any atom is 0.343 e. The van der Waals surface area contributed by atoms with Crippen molar-refractivity contribution in [3.8, 4) is 29.1 Å². The van der Waals surface area contributed by atoms with Crippen molar-refractivity contribution in [1.29, 1.82) is 5.26 Å². The molecule has 1 aliphatic heterocycles. The van der Waals surface area contributed by atoms with Crippen molar-refractivity contribution in [2.75, 3.05) is 7.11 Å². The fourth-order valence-electron chi connectivity index (χ4n) is 4.24. The van der Waals surface area contributed by atoms with Crippen LogP contribution in [0, 0.1) is 11.3 Å². The molecule has 0 aliphatic carbocycles. The second kappa shape index (κ2) is 11.2. The minimum Gasteiger partial charge on any atom is -0.497 e. The van der Waals surface area contributed by atoms with Gasteiger partial charge in [-0.1, -0.05) is 41.9 Å². The van der Waals surface area contributed by atoms with E-state index in [9.17, 15) is 10.1 Å². The van der Waals surface area contributed by atoms with Gasteiger partial charge >= 0.3 is 5.97 Å². The van der Waals surface area contributed by atoms with Crippen LogP contribution in [0.1, 0.15) is 33.0 Å². The number of hydrogen-bond donors (Lipinski definition) is 1. The predicted octanol–water partition coefficient (Wildman–Crippen LogP) is 6.36. The maximum absolute atomic E-state index is 12.8. The number of allylic oxidation sites excluding steroid dienone is 1. The molecule has 1 atom stereocenters. The van der Waals surface area contributed by atoms with Crippen molar-refractivity contribution >= 4 is 17.6 Å². The molecular formula is C31H23ClN2O5. The zero-order valence-corrected chi connectivity index (χ0v) is 21.6. The Morgan fingerprint density at radius 3 is 2.28 bits per heavy atom. The lowest BCUT2D eigenvalue weighted by molar-refractivity contribution is 0.0734.